The van der Waals surface area contributed by atoms with E-state index in [2.05, 4.69) is 5.32 Å². The molecule has 2 amide bonds. The van der Waals surface area contributed by atoms with Gasteiger partial charge in [0.05, 0.1) is 11.4 Å². The predicted molar refractivity (Wildman–Crippen MR) is 99.5 cm³/mol. The van der Waals surface area contributed by atoms with E-state index in [-0.39, 0.29) is 18.1 Å². The average Bonchev–Trinajstić information content (AvgIpc) is 2.79. The number of carbonyl (C=O) groups excluding carboxylic acids is 3. The van der Waals surface area contributed by atoms with Gasteiger partial charge < -0.3 is 19.7 Å². The van der Waals surface area contributed by atoms with Crippen molar-refractivity contribution in [3.05, 3.63) is 54.3 Å². The fraction of sp³-hybridized carbons (Fsp3) is 0.250. The van der Waals surface area contributed by atoms with Crippen molar-refractivity contribution in [1.29, 1.82) is 0 Å². The molecule has 0 spiro atoms. The number of nitrogens with zero attached hydrogens (tertiary/aromatic N) is 1. The van der Waals surface area contributed by atoms with Crippen LogP contribution in [0.5, 0.6) is 5.75 Å². The minimum atomic E-state index is -0.804. The van der Waals surface area contributed by atoms with E-state index < -0.39 is 36.9 Å². The average molecular weight is 386 g/mol. The van der Waals surface area contributed by atoms with Crippen LogP contribution in [0, 0.1) is 5.82 Å². The van der Waals surface area contributed by atoms with Crippen LogP contribution in [-0.4, -0.2) is 37.0 Å². The molecule has 0 aliphatic carbocycles. The van der Waals surface area contributed by atoms with Crippen LogP contribution in [0.4, 0.5) is 15.8 Å². The second-order valence-corrected chi connectivity index (χ2v) is 6.26. The highest BCUT2D eigenvalue weighted by Gasteiger charge is 2.30. The topological polar surface area (TPSA) is 84.9 Å². The van der Waals surface area contributed by atoms with Crippen molar-refractivity contribution in [2.24, 2.45) is 0 Å². The zero-order chi connectivity index (χ0) is 20.1. The summed E-state index contributed by atoms with van der Waals surface area (Å²) in [4.78, 5) is 37.9. The summed E-state index contributed by atoms with van der Waals surface area (Å²) < 4.78 is 23.5. The third-order valence-corrected chi connectivity index (χ3v) is 4.17. The summed E-state index contributed by atoms with van der Waals surface area (Å²) in [7, 11) is 0. The third-order valence-electron chi connectivity index (χ3n) is 4.17. The van der Waals surface area contributed by atoms with Gasteiger partial charge in [-0.25, -0.2) is 9.18 Å². The molecule has 0 unspecified atom stereocenters. The number of carbonyl (C=O) groups is 3. The summed E-state index contributed by atoms with van der Waals surface area (Å²) in [6.45, 7) is 0.690. The highest BCUT2D eigenvalue weighted by atomic mass is 19.1. The molecule has 7 nitrogen and oxygen atoms in total. The van der Waals surface area contributed by atoms with E-state index in [1.807, 2.05) is 0 Å². The number of para-hydroxylation sites is 3. The molecule has 1 aliphatic rings. The highest BCUT2D eigenvalue weighted by molar-refractivity contribution is 6.05. The Bertz CT molecular complexity index is 902. The van der Waals surface area contributed by atoms with Gasteiger partial charge >= 0.3 is 5.97 Å². The number of rotatable bonds is 5. The Labute approximate surface area is 161 Å². The molecule has 1 N–H and O–H groups in total. The summed E-state index contributed by atoms with van der Waals surface area (Å²) in [5, 5.41) is 2.75. The lowest BCUT2D eigenvalue weighted by molar-refractivity contribution is -0.150. The maximum absolute atomic E-state index is 13.5. The standard InChI is InChI=1S/C20H19FN2O5/c1-13-10-18(24)22-15-7-3-4-8-16(15)23(13)19(25)11-28-20(26)12-27-17-9-5-2-6-14(17)21/h2-9,13H,10-12H2,1H3,(H,22,24)/t13-/m0/s1. The second-order valence-electron chi connectivity index (χ2n) is 6.26. The predicted octanol–water partition coefficient (Wildman–Crippen LogP) is 2.51. The number of hydrogen-bond donors (Lipinski definition) is 1. The van der Waals surface area contributed by atoms with E-state index in [9.17, 15) is 18.8 Å². The highest BCUT2D eigenvalue weighted by Crippen LogP contribution is 2.31. The molecule has 0 saturated carbocycles. The largest absolute Gasteiger partial charge is 0.479 e. The molecule has 1 aliphatic heterocycles. The van der Waals surface area contributed by atoms with Gasteiger partial charge in [0.15, 0.2) is 24.8 Å². The number of benzene rings is 2. The van der Waals surface area contributed by atoms with Gasteiger partial charge in [-0.1, -0.05) is 24.3 Å². The fourth-order valence-electron chi connectivity index (χ4n) is 2.92. The van der Waals surface area contributed by atoms with Gasteiger partial charge in [0.1, 0.15) is 0 Å². The van der Waals surface area contributed by atoms with Gasteiger partial charge in [-0.2, -0.15) is 0 Å². The number of anilines is 2. The lowest BCUT2D eigenvalue weighted by Crippen LogP contribution is -2.41. The van der Waals surface area contributed by atoms with Crippen molar-refractivity contribution in [3.8, 4) is 5.75 Å². The molecule has 2 aromatic rings. The maximum atomic E-state index is 13.5. The van der Waals surface area contributed by atoms with Crippen LogP contribution in [-0.2, 0) is 19.1 Å². The molecule has 28 heavy (non-hydrogen) atoms. The smallest absolute Gasteiger partial charge is 0.344 e. The van der Waals surface area contributed by atoms with E-state index in [0.717, 1.165) is 0 Å². The molecular weight excluding hydrogens is 367 g/mol. The Morgan fingerprint density at radius 3 is 2.64 bits per heavy atom. The number of halogens is 1. The van der Waals surface area contributed by atoms with Gasteiger partial charge in [0.25, 0.3) is 5.91 Å². The van der Waals surface area contributed by atoms with Crippen LogP contribution in [0.15, 0.2) is 48.5 Å². The van der Waals surface area contributed by atoms with Crippen LogP contribution in [0.25, 0.3) is 0 Å². The maximum Gasteiger partial charge on any atom is 0.344 e. The Hall–Kier alpha value is -3.42. The molecule has 0 fully saturated rings. The molecule has 0 aromatic heterocycles. The SMILES string of the molecule is C[C@H]1CC(=O)Nc2ccccc2N1C(=O)COC(=O)COc1ccccc1F. The van der Waals surface area contributed by atoms with Gasteiger partial charge in [-0.05, 0) is 31.2 Å². The van der Waals surface area contributed by atoms with Crippen LogP contribution in [0.2, 0.25) is 0 Å². The van der Waals surface area contributed by atoms with E-state index in [0.29, 0.717) is 11.4 Å². The number of esters is 1. The minimum Gasteiger partial charge on any atom is -0.479 e. The zero-order valence-corrected chi connectivity index (χ0v) is 15.2. The van der Waals surface area contributed by atoms with Crippen molar-refractivity contribution in [3.63, 3.8) is 0 Å². The van der Waals surface area contributed by atoms with E-state index in [4.69, 9.17) is 9.47 Å². The van der Waals surface area contributed by atoms with Gasteiger partial charge in [0, 0.05) is 12.5 Å². The lowest BCUT2D eigenvalue weighted by Gasteiger charge is -2.27. The number of amides is 2. The van der Waals surface area contributed by atoms with Gasteiger partial charge in [-0.15, -0.1) is 0 Å². The molecule has 0 radical (unpaired) electrons. The van der Waals surface area contributed by atoms with Crippen LogP contribution in [0.1, 0.15) is 13.3 Å². The molecule has 1 heterocycles. The van der Waals surface area contributed by atoms with E-state index >= 15 is 0 Å². The van der Waals surface area contributed by atoms with Crippen molar-refractivity contribution < 1.29 is 28.2 Å². The van der Waals surface area contributed by atoms with Crippen molar-refractivity contribution in [2.75, 3.05) is 23.4 Å². The lowest BCUT2D eigenvalue weighted by atomic mass is 10.1. The summed E-state index contributed by atoms with van der Waals surface area (Å²) in [6, 6.07) is 12.1. The quantitative estimate of drug-likeness (QED) is 0.798. The van der Waals surface area contributed by atoms with E-state index in [1.54, 1.807) is 37.3 Å². The summed E-state index contributed by atoms with van der Waals surface area (Å²) in [5.74, 6) is -2.16. The molecule has 0 bridgehead atoms. The Morgan fingerprint density at radius 1 is 1.14 bits per heavy atom. The fourth-order valence-corrected chi connectivity index (χ4v) is 2.92. The summed E-state index contributed by atoms with van der Waals surface area (Å²) in [6.07, 6.45) is 0.116. The van der Waals surface area contributed by atoms with Crippen molar-refractivity contribution in [1.82, 2.24) is 0 Å². The Morgan fingerprint density at radius 2 is 1.86 bits per heavy atom. The first-order valence-corrected chi connectivity index (χ1v) is 8.69. The summed E-state index contributed by atoms with van der Waals surface area (Å²) >= 11 is 0. The minimum absolute atomic E-state index is 0.0783. The van der Waals surface area contributed by atoms with Gasteiger partial charge in [0.2, 0.25) is 5.91 Å². The van der Waals surface area contributed by atoms with Crippen molar-refractivity contribution >= 4 is 29.2 Å². The van der Waals surface area contributed by atoms with E-state index in [1.165, 1.54) is 23.1 Å². The number of ether oxygens (including phenoxy) is 2. The van der Waals surface area contributed by atoms with Crippen molar-refractivity contribution in [2.45, 2.75) is 19.4 Å². The van der Waals surface area contributed by atoms with Crippen LogP contribution >= 0.6 is 0 Å². The molecule has 146 valence electrons. The first-order valence-electron chi connectivity index (χ1n) is 8.69. The first-order chi connectivity index (χ1) is 13.5. The molecule has 1 atom stereocenters. The van der Waals surface area contributed by atoms with Crippen LogP contribution < -0.4 is 15.0 Å². The van der Waals surface area contributed by atoms with Crippen LogP contribution in [0.3, 0.4) is 0 Å². The normalized spacial score (nSPS) is 15.9. The monoisotopic (exact) mass is 386 g/mol. The Kier molecular flexibility index (Phi) is 5.88. The number of fused-ring (bicyclic) bond motifs is 1. The Balaban J connectivity index is 1.61. The molecule has 3 rings (SSSR count). The molecule has 0 saturated heterocycles. The number of nitrogens with one attached hydrogen (secondary N) is 1. The number of hydrogen-bond acceptors (Lipinski definition) is 5. The third kappa shape index (κ3) is 4.46. The zero-order valence-electron chi connectivity index (χ0n) is 15.2. The molecular formula is C20H19FN2O5. The van der Waals surface area contributed by atoms with Gasteiger partial charge in [-0.3, -0.25) is 9.59 Å². The summed E-state index contributed by atoms with van der Waals surface area (Å²) in [5.41, 5.74) is 1.05. The molecule has 2 aromatic carbocycles. The first kappa shape index (κ1) is 19.3. The second kappa shape index (κ2) is 8.51. The molecule has 8 heteroatoms.